The second-order valence-electron chi connectivity index (χ2n) is 9.63. The van der Waals surface area contributed by atoms with Crippen molar-refractivity contribution in [3.63, 3.8) is 0 Å². The molecule has 4 rings (SSSR count). The number of ether oxygens (including phenoxy) is 1. The van der Waals surface area contributed by atoms with Gasteiger partial charge in [0.2, 0.25) is 5.91 Å². The van der Waals surface area contributed by atoms with Gasteiger partial charge in [0.05, 0.1) is 12.6 Å². The zero-order chi connectivity index (χ0) is 23.5. The SMILES string of the molecule is CNC(=O)CC[C@H](CO)N(C)C(=O)c1ccc2c(c1)c1c(n2C)CC[C@H](C2CCOCC2)C1. The van der Waals surface area contributed by atoms with Crippen molar-refractivity contribution in [2.45, 2.75) is 51.0 Å². The van der Waals surface area contributed by atoms with Gasteiger partial charge in [0, 0.05) is 62.9 Å². The molecular weight excluding hydrogens is 418 g/mol. The number of hydrogen-bond acceptors (Lipinski definition) is 4. The fourth-order valence-corrected chi connectivity index (χ4v) is 5.73. The molecule has 0 radical (unpaired) electrons. The third-order valence-electron chi connectivity index (χ3n) is 7.90. The second-order valence-corrected chi connectivity index (χ2v) is 9.63. The maximum atomic E-state index is 13.3. The molecule has 0 spiro atoms. The average Bonchev–Trinajstić information content (AvgIpc) is 3.14. The Morgan fingerprint density at radius 3 is 2.70 bits per heavy atom. The summed E-state index contributed by atoms with van der Waals surface area (Å²) in [4.78, 5) is 26.5. The van der Waals surface area contributed by atoms with Gasteiger partial charge >= 0.3 is 0 Å². The number of carbonyl (C=O) groups is 2. The molecule has 0 saturated carbocycles. The lowest BCUT2D eigenvalue weighted by molar-refractivity contribution is -0.121. The van der Waals surface area contributed by atoms with Gasteiger partial charge in [-0.3, -0.25) is 9.59 Å². The molecule has 2 atom stereocenters. The molecule has 0 unspecified atom stereocenters. The third kappa shape index (κ3) is 4.80. The fraction of sp³-hybridized carbons (Fsp3) is 0.615. The van der Waals surface area contributed by atoms with Crippen molar-refractivity contribution in [2.75, 3.05) is 33.9 Å². The van der Waals surface area contributed by atoms with Gasteiger partial charge in [0.15, 0.2) is 0 Å². The molecule has 2 amide bonds. The van der Waals surface area contributed by atoms with E-state index in [0.717, 1.165) is 44.8 Å². The van der Waals surface area contributed by atoms with Crippen LogP contribution in [-0.4, -0.2) is 66.3 Å². The van der Waals surface area contributed by atoms with Crippen molar-refractivity contribution in [3.05, 3.63) is 35.0 Å². The van der Waals surface area contributed by atoms with Gasteiger partial charge in [0.1, 0.15) is 0 Å². The lowest BCUT2D eigenvalue weighted by Crippen LogP contribution is -2.40. The van der Waals surface area contributed by atoms with E-state index in [1.807, 2.05) is 12.1 Å². The molecule has 1 aliphatic carbocycles. The van der Waals surface area contributed by atoms with Crippen LogP contribution in [-0.2, 0) is 29.4 Å². The monoisotopic (exact) mass is 455 g/mol. The summed E-state index contributed by atoms with van der Waals surface area (Å²) >= 11 is 0. The third-order valence-corrected chi connectivity index (χ3v) is 7.90. The number of hydrogen-bond donors (Lipinski definition) is 2. The van der Waals surface area contributed by atoms with Crippen molar-refractivity contribution in [2.24, 2.45) is 18.9 Å². The first-order valence-electron chi connectivity index (χ1n) is 12.2. The van der Waals surface area contributed by atoms with Crippen LogP contribution in [0.3, 0.4) is 0 Å². The summed E-state index contributed by atoms with van der Waals surface area (Å²) in [5.41, 5.74) is 4.59. The van der Waals surface area contributed by atoms with Crippen LogP contribution in [0.4, 0.5) is 0 Å². The molecule has 2 N–H and O–H groups in total. The summed E-state index contributed by atoms with van der Waals surface area (Å²) < 4.78 is 7.87. The first-order chi connectivity index (χ1) is 15.9. The molecule has 33 heavy (non-hydrogen) atoms. The number of benzene rings is 1. The van der Waals surface area contributed by atoms with Crippen molar-refractivity contribution in [1.29, 1.82) is 0 Å². The number of carbonyl (C=O) groups excluding carboxylic acids is 2. The first kappa shape index (κ1) is 23.8. The van der Waals surface area contributed by atoms with E-state index in [1.54, 1.807) is 19.0 Å². The Kier molecular flexibility index (Phi) is 7.39. The molecule has 2 aromatic rings. The van der Waals surface area contributed by atoms with Crippen LogP contribution < -0.4 is 5.32 Å². The standard InChI is InChI=1S/C26H37N3O4/c1-27-25(31)9-6-20(16-30)28(2)26(32)19-5-8-24-22(15-19)21-14-18(4-7-23(21)29(24)3)17-10-12-33-13-11-17/h5,8,15,17-18,20,30H,4,6-7,9-14,16H2,1-3H3,(H,27,31)/t18-,20+/m0/s1. The molecule has 1 aromatic heterocycles. The number of aryl methyl sites for hydroxylation is 1. The first-order valence-corrected chi connectivity index (χ1v) is 12.2. The van der Waals surface area contributed by atoms with Crippen LogP contribution >= 0.6 is 0 Å². The number of aliphatic hydroxyl groups excluding tert-OH is 1. The van der Waals surface area contributed by atoms with Gasteiger partial charge in [-0.15, -0.1) is 0 Å². The van der Waals surface area contributed by atoms with E-state index in [4.69, 9.17) is 4.74 Å². The van der Waals surface area contributed by atoms with E-state index in [0.29, 0.717) is 17.9 Å². The highest BCUT2D eigenvalue weighted by Crippen LogP contribution is 2.39. The van der Waals surface area contributed by atoms with Gasteiger partial charge in [-0.1, -0.05) is 0 Å². The highest BCUT2D eigenvalue weighted by atomic mass is 16.5. The smallest absolute Gasteiger partial charge is 0.253 e. The van der Waals surface area contributed by atoms with E-state index < -0.39 is 6.04 Å². The second kappa shape index (κ2) is 10.3. The fourth-order valence-electron chi connectivity index (χ4n) is 5.73. The van der Waals surface area contributed by atoms with E-state index in [9.17, 15) is 14.7 Å². The molecule has 1 aromatic carbocycles. The minimum absolute atomic E-state index is 0.0919. The minimum Gasteiger partial charge on any atom is -0.394 e. The number of nitrogens with zero attached hydrogens (tertiary/aromatic N) is 2. The molecule has 7 nitrogen and oxygen atoms in total. The topological polar surface area (TPSA) is 83.8 Å². The largest absolute Gasteiger partial charge is 0.394 e. The van der Waals surface area contributed by atoms with E-state index in [2.05, 4.69) is 23.0 Å². The van der Waals surface area contributed by atoms with E-state index in [1.165, 1.54) is 28.6 Å². The number of aliphatic hydroxyl groups is 1. The van der Waals surface area contributed by atoms with Gasteiger partial charge in [0.25, 0.3) is 5.91 Å². The summed E-state index contributed by atoms with van der Waals surface area (Å²) in [6.45, 7) is 1.58. The van der Waals surface area contributed by atoms with Crippen molar-refractivity contribution < 1.29 is 19.4 Å². The highest BCUT2D eigenvalue weighted by Gasteiger charge is 2.31. The Labute approximate surface area is 196 Å². The van der Waals surface area contributed by atoms with Crippen molar-refractivity contribution >= 4 is 22.7 Å². The summed E-state index contributed by atoms with van der Waals surface area (Å²) in [5.74, 6) is 1.19. The summed E-state index contributed by atoms with van der Waals surface area (Å²) in [7, 11) is 5.43. The van der Waals surface area contributed by atoms with Crippen LogP contribution in [0.15, 0.2) is 18.2 Å². The molecule has 180 valence electrons. The molecule has 1 fully saturated rings. The molecule has 7 heteroatoms. The predicted octanol–water partition coefficient (Wildman–Crippen LogP) is 2.67. The number of nitrogens with one attached hydrogen (secondary N) is 1. The molecule has 2 aliphatic rings. The lowest BCUT2D eigenvalue weighted by atomic mass is 9.75. The Morgan fingerprint density at radius 1 is 1.24 bits per heavy atom. The Hall–Kier alpha value is -2.38. The van der Waals surface area contributed by atoms with Gasteiger partial charge < -0.3 is 24.6 Å². The van der Waals surface area contributed by atoms with Crippen molar-refractivity contribution in [3.8, 4) is 0 Å². The van der Waals surface area contributed by atoms with Gasteiger partial charge in [-0.25, -0.2) is 0 Å². The number of aromatic nitrogens is 1. The van der Waals surface area contributed by atoms with Crippen molar-refractivity contribution in [1.82, 2.24) is 14.8 Å². The Bertz CT molecular complexity index is 1010. The number of fused-ring (bicyclic) bond motifs is 3. The lowest BCUT2D eigenvalue weighted by Gasteiger charge is -2.33. The zero-order valence-electron chi connectivity index (χ0n) is 20.1. The number of rotatable bonds is 7. The molecule has 0 bridgehead atoms. The predicted molar refractivity (Wildman–Crippen MR) is 128 cm³/mol. The van der Waals surface area contributed by atoms with Gasteiger partial charge in [-0.05, 0) is 74.1 Å². The van der Waals surface area contributed by atoms with Crippen LogP contribution in [0.1, 0.15) is 53.7 Å². The summed E-state index contributed by atoms with van der Waals surface area (Å²) in [6, 6.07) is 5.58. The molecular formula is C26H37N3O4. The molecule has 1 saturated heterocycles. The Balaban J connectivity index is 1.57. The minimum atomic E-state index is -0.395. The van der Waals surface area contributed by atoms with Gasteiger partial charge in [-0.2, -0.15) is 0 Å². The summed E-state index contributed by atoms with van der Waals surface area (Å²) in [5, 5.41) is 13.6. The zero-order valence-corrected chi connectivity index (χ0v) is 20.1. The normalized spacial score (nSPS) is 19.8. The molecule has 1 aliphatic heterocycles. The van der Waals surface area contributed by atoms with Crippen LogP contribution in [0.5, 0.6) is 0 Å². The van der Waals surface area contributed by atoms with Crippen LogP contribution in [0, 0.1) is 11.8 Å². The molecule has 2 heterocycles. The van der Waals surface area contributed by atoms with E-state index in [-0.39, 0.29) is 24.8 Å². The number of likely N-dealkylation sites (N-methyl/N-ethyl adjacent to an activating group) is 1. The average molecular weight is 456 g/mol. The number of amides is 2. The maximum Gasteiger partial charge on any atom is 0.253 e. The maximum absolute atomic E-state index is 13.3. The summed E-state index contributed by atoms with van der Waals surface area (Å²) in [6.07, 6.45) is 6.37. The van der Waals surface area contributed by atoms with E-state index >= 15 is 0 Å². The van der Waals surface area contributed by atoms with Crippen LogP contribution in [0.2, 0.25) is 0 Å². The quantitative estimate of drug-likeness (QED) is 0.672. The Morgan fingerprint density at radius 2 is 2.00 bits per heavy atom. The van der Waals surface area contributed by atoms with Crippen LogP contribution in [0.25, 0.3) is 10.9 Å². The highest BCUT2D eigenvalue weighted by molar-refractivity contribution is 5.99.